The molecule has 1 aromatic heterocycles. The Morgan fingerprint density at radius 3 is 2.77 bits per heavy atom. The molecule has 1 unspecified atom stereocenters. The standard InChI is InChI=1S/C24H30FN3O3/c25-20-5-2-1-4-19(20)14-21(29)28-11-3-10-24(16-28,15-17-6-7-17)23-26-22(31-27-23)18-8-12-30-13-9-18/h1-2,4-5,17-18H,3,6-16H2. The van der Waals surface area contributed by atoms with Gasteiger partial charge in [-0.3, -0.25) is 4.79 Å². The Kier molecular flexibility index (Phi) is 5.78. The van der Waals surface area contributed by atoms with Crippen LogP contribution in [-0.4, -0.2) is 47.3 Å². The van der Waals surface area contributed by atoms with Gasteiger partial charge in [-0.1, -0.05) is 36.2 Å². The summed E-state index contributed by atoms with van der Waals surface area (Å²) >= 11 is 0. The molecule has 2 aliphatic heterocycles. The first-order chi connectivity index (χ1) is 15.1. The minimum absolute atomic E-state index is 0.0295. The highest BCUT2D eigenvalue weighted by Gasteiger charge is 2.46. The van der Waals surface area contributed by atoms with Crippen LogP contribution in [0.3, 0.4) is 0 Å². The van der Waals surface area contributed by atoms with Gasteiger partial charge in [-0.2, -0.15) is 4.98 Å². The SMILES string of the molecule is O=C(Cc1ccccc1F)N1CCCC(CC2CC2)(c2noc(C3CCOCC3)n2)C1. The molecular weight excluding hydrogens is 397 g/mol. The topological polar surface area (TPSA) is 68.5 Å². The van der Waals surface area contributed by atoms with Gasteiger partial charge in [0.2, 0.25) is 11.8 Å². The number of carbonyl (C=O) groups excluding carboxylic acids is 1. The molecule has 166 valence electrons. The van der Waals surface area contributed by atoms with E-state index in [1.54, 1.807) is 18.2 Å². The Morgan fingerprint density at radius 1 is 1.19 bits per heavy atom. The van der Waals surface area contributed by atoms with Gasteiger partial charge in [0, 0.05) is 32.2 Å². The fourth-order valence-electron chi connectivity index (χ4n) is 5.14. The van der Waals surface area contributed by atoms with Crippen molar-refractivity contribution in [2.24, 2.45) is 5.92 Å². The summed E-state index contributed by atoms with van der Waals surface area (Å²) in [5, 5.41) is 4.44. The van der Waals surface area contributed by atoms with Crippen molar-refractivity contribution in [1.82, 2.24) is 15.0 Å². The average molecular weight is 428 g/mol. The van der Waals surface area contributed by atoms with E-state index in [9.17, 15) is 9.18 Å². The molecule has 2 aromatic rings. The third-order valence-corrected chi connectivity index (χ3v) is 7.09. The summed E-state index contributed by atoms with van der Waals surface area (Å²) in [6.07, 6.45) is 7.21. The van der Waals surface area contributed by atoms with E-state index >= 15 is 0 Å². The fraction of sp³-hybridized carbons (Fsp3) is 0.625. The molecule has 3 heterocycles. The van der Waals surface area contributed by atoms with Crippen molar-refractivity contribution in [3.05, 3.63) is 47.4 Å². The number of halogens is 1. The number of nitrogens with zero attached hydrogens (tertiary/aromatic N) is 3. The number of benzene rings is 1. The van der Waals surface area contributed by atoms with Crippen LogP contribution in [0.4, 0.5) is 4.39 Å². The van der Waals surface area contributed by atoms with Gasteiger partial charge < -0.3 is 14.2 Å². The maximum atomic E-state index is 14.1. The van der Waals surface area contributed by atoms with Crippen LogP contribution in [0.1, 0.15) is 68.1 Å². The Bertz CT molecular complexity index is 922. The van der Waals surface area contributed by atoms with E-state index in [1.165, 1.54) is 18.9 Å². The molecular formula is C24H30FN3O3. The molecule has 1 aliphatic carbocycles. The summed E-state index contributed by atoms with van der Waals surface area (Å²) in [6.45, 7) is 2.75. The molecule has 1 atom stereocenters. The number of ether oxygens (including phenoxy) is 1. The summed E-state index contributed by atoms with van der Waals surface area (Å²) in [4.78, 5) is 19.8. The van der Waals surface area contributed by atoms with Crippen molar-refractivity contribution in [2.45, 2.75) is 62.7 Å². The Morgan fingerprint density at radius 2 is 2.00 bits per heavy atom. The Hall–Kier alpha value is -2.28. The molecule has 5 rings (SSSR count). The van der Waals surface area contributed by atoms with E-state index in [0.29, 0.717) is 30.5 Å². The normalized spacial score (nSPS) is 25.0. The summed E-state index contributed by atoms with van der Waals surface area (Å²) in [5.74, 6) is 2.05. The zero-order valence-corrected chi connectivity index (χ0v) is 17.9. The van der Waals surface area contributed by atoms with Gasteiger partial charge in [-0.15, -0.1) is 0 Å². The second-order valence-electron chi connectivity index (χ2n) is 9.46. The van der Waals surface area contributed by atoms with Crippen molar-refractivity contribution in [3.63, 3.8) is 0 Å². The zero-order chi connectivity index (χ0) is 21.3. The van der Waals surface area contributed by atoms with E-state index in [-0.39, 0.29) is 29.5 Å². The van der Waals surface area contributed by atoms with E-state index in [2.05, 4.69) is 5.16 Å². The van der Waals surface area contributed by atoms with Crippen LogP contribution in [0.5, 0.6) is 0 Å². The predicted molar refractivity (Wildman–Crippen MR) is 112 cm³/mol. The van der Waals surface area contributed by atoms with Gasteiger partial charge in [0.15, 0.2) is 5.82 Å². The highest BCUT2D eigenvalue weighted by Crippen LogP contribution is 2.46. The molecule has 3 aliphatic rings. The van der Waals surface area contributed by atoms with E-state index in [0.717, 1.165) is 51.1 Å². The lowest BCUT2D eigenvalue weighted by Crippen LogP contribution is -2.49. The number of hydrogen-bond acceptors (Lipinski definition) is 5. The highest BCUT2D eigenvalue weighted by molar-refractivity contribution is 5.79. The molecule has 2 saturated heterocycles. The van der Waals surface area contributed by atoms with E-state index < -0.39 is 0 Å². The van der Waals surface area contributed by atoms with Crippen LogP contribution in [0, 0.1) is 11.7 Å². The first-order valence-electron chi connectivity index (χ1n) is 11.6. The molecule has 0 N–H and O–H groups in total. The fourth-order valence-corrected chi connectivity index (χ4v) is 5.14. The van der Waals surface area contributed by atoms with Crippen LogP contribution in [0.15, 0.2) is 28.8 Å². The number of piperidine rings is 1. The molecule has 31 heavy (non-hydrogen) atoms. The summed E-state index contributed by atoms with van der Waals surface area (Å²) in [5.41, 5.74) is 0.184. The molecule has 0 bridgehead atoms. The van der Waals surface area contributed by atoms with Gasteiger partial charge in [0.05, 0.1) is 11.8 Å². The summed E-state index contributed by atoms with van der Waals surface area (Å²) in [6, 6.07) is 6.52. The maximum Gasteiger partial charge on any atom is 0.229 e. The van der Waals surface area contributed by atoms with Crippen LogP contribution in [0.2, 0.25) is 0 Å². The number of hydrogen-bond donors (Lipinski definition) is 0. The minimum Gasteiger partial charge on any atom is -0.381 e. The van der Waals surface area contributed by atoms with Gasteiger partial charge >= 0.3 is 0 Å². The number of aromatic nitrogens is 2. The minimum atomic E-state index is -0.323. The van der Waals surface area contributed by atoms with Gasteiger partial charge in [0.1, 0.15) is 5.82 Å². The number of carbonyl (C=O) groups is 1. The lowest BCUT2D eigenvalue weighted by Gasteiger charge is -2.41. The quantitative estimate of drug-likeness (QED) is 0.697. The lowest BCUT2D eigenvalue weighted by molar-refractivity contribution is -0.133. The van der Waals surface area contributed by atoms with E-state index in [1.807, 2.05) is 4.90 Å². The number of amides is 1. The average Bonchev–Trinajstić information content (AvgIpc) is 3.46. The molecule has 1 amide bonds. The molecule has 0 spiro atoms. The molecule has 1 saturated carbocycles. The summed E-state index contributed by atoms with van der Waals surface area (Å²) in [7, 11) is 0. The molecule has 7 heteroatoms. The van der Waals surface area contributed by atoms with Crippen molar-refractivity contribution in [1.29, 1.82) is 0 Å². The summed E-state index contributed by atoms with van der Waals surface area (Å²) < 4.78 is 25.3. The number of rotatable bonds is 6. The maximum absolute atomic E-state index is 14.1. The third-order valence-electron chi connectivity index (χ3n) is 7.09. The lowest BCUT2D eigenvalue weighted by atomic mass is 9.74. The zero-order valence-electron chi connectivity index (χ0n) is 17.9. The molecule has 6 nitrogen and oxygen atoms in total. The Labute approximate surface area is 182 Å². The first-order valence-corrected chi connectivity index (χ1v) is 11.6. The predicted octanol–water partition coefficient (Wildman–Crippen LogP) is 4.01. The second kappa shape index (κ2) is 8.69. The van der Waals surface area contributed by atoms with Crippen molar-refractivity contribution in [3.8, 4) is 0 Å². The first kappa shape index (κ1) is 20.6. The van der Waals surface area contributed by atoms with Gasteiger partial charge in [0.25, 0.3) is 0 Å². The van der Waals surface area contributed by atoms with Crippen LogP contribution >= 0.6 is 0 Å². The van der Waals surface area contributed by atoms with E-state index in [4.69, 9.17) is 14.2 Å². The molecule has 0 radical (unpaired) electrons. The van der Waals surface area contributed by atoms with Crippen LogP contribution < -0.4 is 0 Å². The monoisotopic (exact) mass is 427 g/mol. The van der Waals surface area contributed by atoms with Crippen molar-refractivity contribution >= 4 is 5.91 Å². The second-order valence-corrected chi connectivity index (χ2v) is 9.46. The highest BCUT2D eigenvalue weighted by atomic mass is 19.1. The van der Waals surface area contributed by atoms with Crippen LogP contribution in [-0.2, 0) is 21.4 Å². The molecule has 1 aromatic carbocycles. The Balaban J connectivity index is 1.36. The van der Waals surface area contributed by atoms with Crippen LogP contribution in [0.25, 0.3) is 0 Å². The van der Waals surface area contributed by atoms with Crippen molar-refractivity contribution in [2.75, 3.05) is 26.3 Å². The largest absolute Gasteiger partial charge is 0.381 e. The third kappa shape index (κ3) is 4.52. The van der Waals surface area contributed by atoms with Crippen molar-refractivity contribution < 1.29 is 18.4 Å². The smallest absolute Gasteiger partial charge is 0.229 e. The van der Waals surface area contributed by atoms with Gasteiger partial charge in [-0.25, -0.2) is 4.39 Å². The molecule has 3 fully saturated rings. The number of likely N-dealkylation sites (tertiary alicyclic amines) is 1. The van der Waals surface area contributed by atoms with Gasteiger partial charge in [-0.05, 0) is 49.7 Å².